The lowest BCUT2D eigenvalue weighted by molar-refractivity contribution is -0.131. The minimum Gasteiger partial charge on any atom is -0.378 e. The second-order valence-electron chi connectivity index (χ2n) is 6.34. The summed E-state index contributed by atoms with van der Waals surface area (Å²) in [5, 5.41) is 2.80. The standard InChI is InChI=1S/C21H27N3O2/c1-4-24(16-17-10-12-19(13-11-17)23(2)3)20(25)14-15-22-21(26)18-8-6-5-7-9-18/h5-13H,4,14-16H2,1-3H3,(H,22,26). The van der Waals surface area contributed by atoms with Gasteiger partial charge in [-0.05, 0) is 36.8 Å². The Balaban J connectivity index is 1.83. The molecule has 5 heteroatoms. The normalized spacial score (nSPS) is 10.3. The quantitative estimate of drug-likeness (QED) is 0.794. The molecule has 0 fully saturated rings. The van der Waals surface area contributed by atoms with Gasteiger partial charge in [0.2, 0.25) is 5.91 Å². The second kappa shape index (κ2) is 9.61. The average Bonchev–Trinajstić information content (AvgIpc) is 2.66. The topological polar surface area (TPSA) is 52.6 Å². The largest absolute Gasteiger partial charge is 0.378 e. The lowest BCUT2D eigenvalue weighted by atomic mass is 10.1. The molecule has 0 radical (unpaired) electrons. The molecule has 0 aliphatic carbocycles. The molecule has 0 saturated carbocycles. The van der Waals surface area contributed by atoms with E-state index in [-0.39, 0.29) is 11.8 Å². The first-order chi connectivity index (χ1) is 12.5. The fourth-order valence-corrected chi connectivity index (χ4v) is 2.63. The fraction of sp³-hybridized carbons (Fsp3) is 0.333. The summed E-state index contributed by atoms with van der Waals surface area (Å²) in [6.07, 6.45) is 0.294. The van der Waals surface area contributed by atoms with E-state index in [0.717, 1.165) is 11.3 Å². The smallest absolute Gasteiger partial charge is 0.251 e. The number of nitrogens with one attached hydrogen (secondary N) is 1. The summed E-state index contributed by atoms with van der Waals surface area (Å²) in [4.78, 5) is 28.3. The van der Waals surface area contributed by atoms with Gasteiger partial charge in [-0.2, -0.15) is 0 Å². The van der Waals surface area contributed by atoms with Crippen molar-refractivity contribution in [3.63, 3.8) is 0 Å². The van der Waals surface area contributed by atoms with Gasteiger partial charge in [-0.25, -0.2) is 0 Å². The second-order valence-corrected chi connectivity index (χ2v) is 6.34. The van der Waals surface area contributed by atoms with Crippen molar-refractivity contribution in [2.24, 2.45) is 0 Å². The van der Waals surface area contributed by atoms with Crippen LogP contribution in [0.15, 0.2) is 54.6 Å². The number of rotatable bonds is 8. The molecule has 2 aromatic rings. The molecule has 1 N–H and O–H groups in total. The number of benzene rings is 2. The third-order valence-corrected chi connectivity index (χ3v) is 4.22. The van der Waals surface area contributed by atoms with E-state index in [1.54, 1.807) is 17.0 Å². The molecule has 0 aliphatic heterocycles. The van der Waals surface area contributed by atoms with Gasteiger partial charge in [0.05, 0.1) is 0 Å². The predicted octanol–water partition coefficient (Wildman–Crippen LogP) is 2.92. The van der Waals surface area contributed by atoms with Crippen molar-refractivity contribution in [3.05, 3.63) is 65.7 Å². The Hall–Kier alpha value is -2.82. The van der Waals surface area contributed by atoms with Crippen LogP contribution in [0.5, 0.6) is 0 Å². The minimum atomic E-state index is -0.152. The zero-order chi connectivity index (χ0) is 18.9. The van der Waals surface area contributed by atoms with Gasteiger partial charge in [0.1, 0.15) is 0 Å². The van der Waals surface area contributed by atoms with Crippen molar-refractivity contribution in [1.29, 1.82) is 0 Å². The summed E-state index contributed by atoms with van der Waals surface area (Å²) >= 11 is 0. The van der Waals surface area contributed by atoms with Crippen molar-refractivity contribution in [2.75, 3.05) is 32.1 Å². The molecular formula is C21H27N3O2. The third-order valence-electron chi connectivity index (χ3n) is 4.22. The number of amides is 2. The van der Waals surface area contributed by atoms with Crippen LogP contribution in [0.25, 0.3) is 0 Å². The van der Waals surface area contributed by atoms with Crippen LogP contribution < -0.4 is 10.2 Å². The van der Waals surface area contributed by atoms with Crippen LogP contribution >= 0.6 is 0 Å². The molecule has 2 aromatic carbocycles. The molecule has 0 heterocycles. The number of carbonyl (C=O) groups is 2. The first-order valence-electron chi connectivity index (χ1n) is 8.88. The van der Waals surface area contributed by atoms with E-state index in [2.05, 4.69) is 5.32 Å². The fourth-order valence-electron chi connectivity index (χ4n) is 2.63. The lowest BCUT2D eigenvalue weighted by Crippen LogP contribution is -2.34. The van der Waals surface area contributed by atoms with E-state index in [0.29, 0.717) is 31.6 Å². The number of hydrogen-bond acceptors (Lipinski definition) is 3. The monoisotopic (exact) mass is 353 g/mol. The molecule has 0 spiro atoms. The van der Waals surface area contributed by atoms with Gasteiger partial charge < -0.3 is 15.1 Å². The number of hydrogen-bond donors (Lipinski definition) is 1. The van der Waals surface area contributed by atoms with E-state index in [1.807, 2.05) is 68.4 Å². The Bertz CT molecular complexity index is 712. The van der Waals surface area contributed by atoms with Gasteiger partial charge in [-0.15, -0.1) is 0 Å². The number of nitrogens with zero attached hydrogens (tertiary/aromatic N) is 2. The van der Waals surface area contributed by atoms with Crippen molar-refractivity contribution >= 4 is 17.5 Å². The molecule has 0 saturated heterocycles. The van der Waals surface area contributed by atoms with E-state index in [4.69, 9.17) is 0 Å². The Kier molecular flexibility index (Phi) is 7.21. The SMILES string of the molecule is CCN(Cc1ccc(N(C)C)cc1)C(=O)CCNC(=O)c1ccccc1. The van der Waals surface area contributed by atoms with E-state index in [1.165, 1.54) is 0 Å². The first kappa shape index (κ1) is 19.5. The van der Waals surface area contributed by atoms with Crippen molar-refractivity contribution < 1.29 is 9.59 Å². The zero-order valence-electron chi connectivity index (χ0n) is 15.7. The highest BCUT2D eigenvalue weighted by Crippen LogP contribution is 2.14. The molecule has 138 valence electrons. The van der Waals surface area contributed by atoms with Crippen LogP contribution in [-0.2, 0) is 11.3 Å². The van der Waals surface area contributed by atoms with Gasteiger partial charge in [0.25, 0.3) is 5.91 Å². The molecule has 0 aliphatic rings. The van der Waals surface area contributed by atoms with Crippen LogP contribution in [-0.4, -0.2) is 43.9 Å². The van der Waals surface area contributed by atoms with Crippen LogP contribution in [0.1, 0.15) is 29.3 Å². The van der Waals surface area contributed by atoms with Gasteiger partial charge in [0.15, 0.2) is 0 Å². The van der Waals surface area contributed by atoms with E-state index < -0.39 is 0 Å². The maximum absolute atomic E-state index is 12.4. The zero-order valence-corrected chi connectivity index (χ0v) is 15.7. The van der Waals surface area contributed by atoms with Gasteiger partial charge >= 0.3 is 0 Å². The summed E-state index contributed by atoms with van der Waals surface area (Å²) in [6.45, 7) is 3.52. The van der Waals surface area contributed by atoms with Gasteiger partial charge in [0, 0.05) is 51.4 Å². The molecule has 26 heavy (non-hydrogen) atoms. The molecule has 2 amide bonds. The van der Waals surface area contributed by atoms with Crippen LogP contribution in [0.2, 0.25) is 0 Å². The Morgan fingerprint density at radius 3 is 2.19 bits per heavy atom. The average molecular weight is 353 g/mol. The number of carbonyl (C=O) groups excluding carboxylic acids is 2. The predicted molar refractivity (Wildman–Crippen MR) is 105 cm³/mol. The summed E-state index contributed by atoms with van der Waals surface area (Å²) in [6, 6.07) is 17.2. The summed E-state index contributed by atoms with van der Waals surface area (Å²) in [7, 11) is 4.00. The van der Waals surface area contributed by atoms with Crippen LogP contribution in [0.4, 0.5) is 5.69 Å². The highest BCUT2D eigenvalue weighted by molar-refractivity contribution is 5.94. The lowest BCUT2D eigenvalue weighted by Gasteiger charge is -2.22. The van der Waals surface area contributed by atoms with E-state index >= 15 is 0 Å². The third kappa shape index (κ3) is 5.62. The van der Waals surface area contributed by atoms with Crippen LogP contribution in [0, 0.1) is 0 Å². The molecule has 2 rings (SSSR count). The minimum absolute atomic E-state index is 0.0394. The van der Waals surface area contributed by atoms with E-state index in [9.17, 15) is 9.59 Å². The highest BCUT2D eigenvalue weighted by atomic mass is 16.2. The van der Waals surface area contributed by atoms with Gasteiger partial charge in [-0.1, -0.05) is 30.3 Å². The number of anilines is 1. The molecule has 0 bridgehead atoms. The molecule has 5 nitrogen and oxygen atoms in total. The Morgan fingerprint density at radius 2 is 1.62 bits per heavy atom. The van der Waals surface area contributed by atoms with Crippen molar-refractivity contribution in [3.8, 4) is 0 Å². The van der Waals surface area contributed by atoms with Crippen molar-refractivity contribution in [2.45, 2.75) is 19.9 Å². The first-order valence-corrected chi connectivity index (χ1v) is 8.88. The van der Waals surface area contributed by atoms with Crippen molar-refractivity contribution in [1.82, 2.24) is 10.2 Å². The maximum atomic E-state index is 12.4. The molecular weight excluding hydrogens is 326 g/mol. The Labute approximate surface area is 155 Å². The molecule has 0 aromatic heterocycles. The molecule has 0 unspecified atom stereocenters. The highest BCUT2D eigenvalue weighted by Gasteiger charge is 2.13. The van der Waals surface area contributed by atoms with Gasteiger partial charge in [-0.3, -0.25) is 9.59 Å². The summed E-state index contributed by atoms with van der Waals surface area (Å²) in [5.41, 5.74) is 2.83. The summed E-state index contributed by atoms with van der Waals surface area (Å²) in [5.74, 6) is -0.113. The molecule has 0 atom stereocenters. The Morgan fingerprint density at radius 1 is 0.962 bits per heavy atom. The summed E-state index contributed by atoms with van der Waals surface area (Å²) < 4.78 is 0. The maximum Gasteiger partial charge on any atom is 0.251 e. The van der Waals surface area contributed by atoms with Crippen LogP contribution in [0.3, 0.4) is 0 Å².